The van der Waals surface area contributed by atoms with Crippen LogP contribution in [0.4, 0.5) is 16.2 Å². The van der Waals surface area contributed by atoms with Crippen molar-refractivity contribution < 1.29 is 23.8 Å². The van der Waals surface area contributed by atoms with Gasteiger partial charge in [0, 0.05) is 35.1 Å². The Kier molecular flexibility index (Phi) is 7.85. The van der Waals surface area contributed by atoms with Crippen LogP contribution in [0.25, 0.3) is 0 Å². The van der Waals surface area contributed by atoms with Crippen LogP contribution >= 0.6 is 11.6 Å². The molecule has 0 bridgehead atoms. The summed E-state index contributed by atoms with van der Waals surface area (Å²) in [6.45, 7) is 2.59. The first-order valence-electron chi connectivity index (χ1n) is 11.5. The summed E-state index contributed by atoms with van der Waals surface area (Å²) in [7, 11) is 3.19. The standard InChI is InChI=1S/C27H28ClN3O5/c1-17-26(32)31(12-11-18-7-9-24(34-2)25(13-18)35-3)16-19-14-22(8-10-23(19)36-17)30-27(33)29-21-6-4-5-20(28)15-21/h4-10,13-15,17H,11-12,16H2,1-3H3,(H2,29,30,33)/t17-/m1/s1. The molecule has 9 heteroatoms. The Morgan fingerprint density at radius 1 is 1.03 bits per heavy atom. The highest BCUT2D eigenvalue weighted by Gasteiger charge is 2.28. The summed E-state index contributed by atoms with van der Waals surface area (Å²) < 4.78 is 16.6. The van der Waals surface area contributed by atoms with Gasteiger partial charge in [0.25, 0.3) is 5.91 Å². The number of hydrogen-bond donors (Lipinski definition) is 2. The first kappa shape index (κ1) is 25.2. The lowest BCUT2D eigenvalue weighted by Gasteiger charge is -2.22. The number of fused-ring (bicyclic) bond motifs is 1. The van der Waals surface area contributed by atoms with Crippen molar-refractivity contribution in [1.29, 1.82) is 0 Å². The van der Waals surface area contributed by atoms with Crippen LogP contribution in [0.15, 0.2) is 60.7 Å². The lowest BCUT2D eigenvalue weighted by atomic mass is 10.1. The molecule has 188 valence electrons. The first-order valence-corrected chi connectivity index (χ1v) is 11.9. The van der Waals surface area contributed by atoms with Crippen LogP contribution in [0.2, 0.25) is 5.02 Å². The van der Waals surface area contributed by atoms with E-state index in [9.17, 15) is 9.59 Å². The molecule has 0 aromatic heterocycles. The van der Waals surface area contributed by atoms with Crippen molar-refractivity contribution in [3.8, 4) is 17.2 Å². The van der Waals surface area contributed by atoms with Gasteiger partial charge in [0.15, 0.2) is 17.6 Å². The van der Waals surface area contributed by atoms with Crippen LogP contribution in [-0.4, -0.2) is 43.7 Å². The molecule has 0 radical (unpaired) electrons. The van der Waals surface area contributed by atoms with Crippen molar-refractivity contribution >= 4 is 34.9 Å². The van der Waals surface area contributed by atoms with E-state index in [-0.39, 0.29) is 5.91 Å². The molecule has 1 atom stereocenters. The van der Waals surface area contributed by atoms with E-state index < -0.39 is 12.1 Å². The summed E-state index contributed by atoms with van der Waals surface area (Å²) in [6.07, 6.45) is 0.00954. The number of halogens is 1. The first-order chi connectivity index (χ1) is 17.4. The average molecular weight is 510 g/mol. The molecule has 0 fully saturated rings. The normalized spacial score (nSPS) is 14.8. The number of benzene rings is 3. The van der Waals surface area contributed by atoms with Crippen LogP contribution in [0.3, 0.4) is 0 Å². The number of carbonyl (C=O) groups is 2. The Balaban J connectivity index is 1.46. The third kappa shape index (κ3) is 6.01. The van der Waals surface area contributed by atoms with Gasteiger partial charge in [0.1, 0.15) is 5.75 Å². The molecule has 3 aromatic rings. The van der Waals surface area contributed by atoms with Gasteiger partial charge < -0.3 is 29.7 Å². The Bertz CT molecular complexity index is 1270. The van der Waals surface area contributed by atoms with Crippen molar-refractivity contribution in [2.24, 2.45) is 0 Å². The Morgan fingerprint density at radius 3 is 2.50 bits per heavy atom. The number of urea groups is 1. The fourth-order valence-corrected chi connectivity index (χ4v) is 4.22. The summed E-state index contributed by atoms with van der Waals surface area (Å²) in [6, 6.07) is 17.6. The molecule has 1 aliphatic heterocycles. The fraction of sp³-hybridized carbons (Fsp3) is 0.259. The van der Waals surface area contributed by atoms with Crippen molar-refractivity contribution in [2.45, 2.75) is 26.0 Å². The number of rotatable bonds is 7. The number of nitrogens with one attached hydrogen (secondary N) is 2. The van der Waals surface area contributed by atoms with Crippen molar-refractivity contribution in [2.75, 3.05) is 31.4 Å². The Morgan fingerprint density at radius 2 is 1.78 bits per heavy atom. The van der Waals surface area contributed by atoms with Gasteiger partial charge in [-0.05, 0) is 67.4 Å². The Labute approximate surface area is 215 Å². The van der Waals surface area contributed by atoms with Crippen molar-refractivity contribution in [3.05, 3.63) is 76.8 Å². The maximum Gasteiger partial charge on any atom is 0.323 e. The van der Waals surface area contributed by atoms with Gasteiger partial charge in [-0.15, -0.1) is 0 Å². The van der Waals surface area contributed by atoms with Crippen molar-refractivity contribution in [1.82, 2.24) is 4.90 Å². The second-order valence-electron chi connectivity index (χ2n) is 8.37. The molecule has 8 nitrogen and oxygen atoms in total. The number of amides is 3. The summed E-state index contributed by atoms with van der Waals surface area (Å²) >= 11 is 5.98. The van der Waals surface area contributed by atoms with E-state index >= 15 is 0 Å². The number of carbonyl (C=O) groups excluding carboxylic acids is 2. The highest BCUT2D eigenvalue weighted by Crippen LogP contribution is 2.30. The summed E-state index contributed by atoms with van der Waals surface area (Å²) in [5.74, 6) is 1.82. The molecule has 0 saturated heterocycles. The fourth-order valence-electron chi connectivity index (χ4n) is 4.03. The second kappa shape index (κ2) is 11.2. The van der Waals surface area contributed by atoms with Gasteiger partial charge in [-0.2, -0.15) is 0 Å². The highest BCUT2D eigenvalue weighted by atomic mass is 35.5. The van der Waals surface area contributed by atoms with Crippen LogP contribution in [0.5, 0.6) is 17.2 Å². The van der Waals surface area contributed by atoms with Gasteiger partial charge in [0.2, 0.25) is 0 Å². The summed E-state index contributed by atoms with van der Waals surface area (Å²) in [5.41, 5.74) is 2.99. The molecule has 0 aliphatic carbocycles. The molecule has 1 heterocycles. The van der Waals surface area contributed by atoms with Crippen molar-refractivity contribution in [3.63, 3.8) is 0 Å². The molecule has 1 aliphatic rings. The largest absolute Gasteiger partial charge is 0.493 e. The molecular weight excluding hydrogens is 482 g/mol. The van der Waals surface area contributed by atoms with Gasteiger partial charge in [-0.3, -0.25) is 4.79 Å². The maximum absolute atomic E-state index is 13.0. The van der Waals surface area contributed by atoms with E-state index in [0.29, 0.717) is 53.2 Å². The molecule has 36 heavy (non-hydrogen) atoms. The topological polar surface area (TPSA) is 89.1 Å². The van der Waals surface area contributed by atoms with Crippen LogP contribution in [0.1, 0.15) is 18.1 Å². The van der Waals surface area contributed by atoms with E-state index in [4.69, 9.17) is 25.8 Å². The van der Waals surface area contributed by atoms with E-state index in [1.807, 2.05) is 24.3 Å². The van der Waals surface area contributed by atoms with Gasteiger partial charge >= 0.3 is 6.03 Å². The summed E-state index contributed by atoms with van der Waals surface area (Å²) in [5, 5.41) is 6.10. The second-order valence-corrected chi connectivity index (χ2v) is 8.81. The van der Waals surface area contributed by atoms with E-state index in [0.717, 1.165) is 11.1 Å². The quantitative estimate of drug-likeness (QED) is 0.448. The molecule has 0 saturated carbocycles. The third-order valence-corrected chi connectivity index (χ3v) is 6.08. The van der Waals surface area contributed by atoms with Crippen LogP contribution < -0.4 is 24.8 Å². The third-order valence-electron chi connectivity index (χ3n) is 5.84. The number of anilines is 2. The molecule has 0 spiro atoms. The molecular formula is C27H28ClN3O5. The van der Waals surface area contributed by atoms with E-state index in [1.165, 1.54) is 0 Å². The number of ether oxygens (including phenoxy) is 3. The lowest BCUT2D eigenvalue weighted by Crippen LogP contribution is -2.39. The number of nitrogens with zero attached hydrogens (tertiary/aromatic N) is 1. The van der Waals surface area contributed by atoms with Gasteiger partial charge in [-0.25, -0.2) is 4.79 Å². The minimum atomic E-state index is -0.624. The predicted molar refractivity (Wildman–Crippen MR) is 139 cm³/mol. The van der Waals surface area contributed by atoms with Crippen LogP contribution in [0, 0.1) is 0 Å². The smallest absolute Gasteiger partial charge is 0.323 e. The SMILES string of the molecule is COc1ccc(CCN2Cc3cc(NC(=O)Nc4cccc(Cl)c4)ccc3O[C@H](C)C2=O)cc1OC. The van der Waals surface area contributed by atoms with Gasteiger partial charge in [0.05, 0.1) is 14.2 Å². The van der Waals surface area contributed by atoms with Gasteiger partial charge in [-0.1, -0.05) is 23.7 Å². The highest BCUT2D eigenvalue weighted by molar-refractivity contribution is 6.30. The van der Waals surface area contributed by atoms with E-state index in [2.05, 4.69) is 10.6 Å². The zero-order valence-corrected chi connectivity index (χ0v) is 21.1. The molecule has 2 N–H and O–H groups in total. The minimum Gasteiger partial charge on any atom is -0.493 e. The maximum atomic E-state index is 13.0. The average Bonchev–Trinajstić information content (AvgIpc) is 2.98. The Hall–Kier alpha value is -3.91. The molecule has 3 aromatic carbocycles. The molecule has 4 rings (SSSR count). The lowest BCUT2D eigenvalue weighted by molar-refractivity contribution is -0.137. The summed E-state index contributed by atoms with van der Waals surface area (Å²) in [4.78, 5) is 27.3. The minimum absolute atomic E-state index is 0.0973. The molecule has 3 amide bonds. The number of methoxy groups -OCH3 is 2. The monoisotopic (exact) mass is 509 g/mol. The zero-order valence-electron chi connectivity index (χ0n) is 20.3. The predicted octanol–water partition coefficient (Wildman–Crippen LogP) is 5.35. The van der Waals surface area contributed by atoms with Crippen LogP contribution in [-0.2, 0) is 17.8 Å². The molecule has 0 unspecified atom stereocenters. The number of hydrogen-bond acceptors (Lipinski definition) is 5. The zero-order chi connectivity index (χ0) is 25.7. The van der Waals surface area contributed by atoms with E-state index in [1.54, 1.807) is 62.4 Å².